The van der Waals surface area contributed by atoms with Crippen LogP contribution in [0.1, 0.15) is 23.1 Å². The molecule has 0 aliphatic carbocycles. The van der Waals surface area contributed by atoms with Crippen LogP contribution in [0.3, 0.4) is 0 Å². The van der Waals surface area contributed by atoms with Gasteiger partial charge in [-0.1, -0.05) is 30.3 Å². The number of ether oxygens (including phenoxy) is 2. The van der Waals surface area contributed by atoms with Crippen LogP contribution in [-0.2, 0) is 17.8 Å². The highest BCUT2D eigenvalue weighted by Gasteiger charge is 2.31. The molecular weight excluding hydrogens is 352 g/mol. The summed E-state index contributed by atoms with van der Waals surface area (Å²) in [4.78, 5) is 17.1. The Labute approximate surface area is 165 Å². The number of carbonyl (C=O) groups excluding carboxylic acids is 1. The fraction of sp³-hybridized carbons (Fsp3) is 0.348. The van der Waals surface area contributed by atoms with Crippen LogP contribution >= 0.6 is 0 Å². The van der Waals surface area contributed by atoms with Crippen LogP contribution in [0.4, 0.5) is 0 Å². The first-order valence-corrected chi connectivity index (χ1v) is 9.94. The lowest BCUT2D eigenvalue weighted by atomic mass is 9.98. The first kappa shape index (κ1) is 17.3. The number of fused-ring (bicyclic) bond motifs is 2. The van der Waals surface area contributed by atoms with Gasteiger partial charge in [0.15, 0.2) is 11.5 Å². The molecule has 1 amide bonds. The van der Waals surface area contributed by atoms with Gasteiger partial charge in [-0.25, -0.2) is 0 Å². The third-order valence-electron chi connectivity index (χ3n) is 5.97. The number of nitrogens with zero attached hydrogens (tertiary/aromatic N) is 2. The van der Waals surface area contributed by atoms with E-state index in [1.54, 1.807) is 6.08 Å². The molecule has 1 unspecified atom stereocenters. The van der Waals surface area contributed by atoms with E-state index in [0.717, 1.165) is 56.1 Å². The van der Waals surface area contributed by atoms with Gasteiger partial charge in [0, 0.05) is 38.3 Å². The Hall–Kier alpha value is -2.79. The van der Waals surface area contributed by atoms with Crippen LogP contribution in [0, 0.1) is 0 Å². The molecule has 1 fully saturated rings. The van der Waals surface area contributed by atoms with E-state index in [9.17, 15) is 4.79 Å². The number of likely N-dealkylation sites (tertiary alicyclic amines) is 1. The van der Waals surface area contributed by atoms with E-state index in [2.05, 4.69) is 29.2 Å². The SMILES string of the molecule is O=C(/C=C/c1ccc2c(c1)OCO2)N1CCC(N2CCc3ccccc3C2)C1. The third kappa shape index (κ3) is 3.38. The molecule has 2 aromatic rings. The van der Waals surface area contributed by atoms with Crippen molar-refractivity contribution in [2.45, 2.75) is 25.4 Å². The first-order chi connectivity index (χ1) is 13.8. The number of rotatable bonds is 3. The summed E-state index contributed by atoms with van der Waals surface area (Å²) in [6.07, 6.45) is 5.68. The minimum Gasteiger partial charge on any atom is -0.454 e. The Balaban J connectivity index is 1.20. The highest BCUT2D eigenvalue weighted by Crippen LogP contribution is 2.33. The zero-order valence-corrected chi connectivity index (χ0v) is 15.8. The molecule has 0 aromatic heterocycles. The second-order valence-electron chi connectivity index (χ2n) is 7.66. The maximum atomic E-state index is 12.6. The maximum absolute atomic E-state index is 12.6. The van der Waals surface area contributed by atoms with Crippen molar-refractivity contribution in [1.82, 2.24) is 9.80 Å². The molecule has 1 saturated heterocycles. The van der Waals surface area contributed by atoms with Crippen molar-refractivity contribution < 1.29 is 14.3 Å². The predicted octanol–water partition coefficient (Wildman–Crippen LogP) is 3.09. The summed E-state index contributed by atoms with van der Waals surface area (Å²) >= 11 is 0. The highest BCUT2D eigenvalue weighted by atomic mass is 16.7. The first-order valence-electron chi connectivity index (χ1n) is 9.94. The van der Waals surface area contributed by atoms with E-state index in [0.29, 0.717) is 6.04 Å². The third-order valence-corrected chi connectivity index (χ3v) is 5.97. The molecular formula is C23H24N2O3. The lowest BCUT2D eigenvalue weighted by Crippen LogP contribution is -2.41. The summed E-state index contributed by atoms with van der Waals surface area (Å²) in [5.74, 6) is 1.58. The van der Waals surface area contributed by atoms with E-state index < -0.39 is 0 Å². The molecule has 2 aromatic carbocycles. The molecule has 3 aliphatic heterocycles. The van der Waals surface area contributed by atoms with Gasteiger partial charge in [-0.2, -0.15) is 0 Å². The summed E-state index contributed by atoms with van der Waals surface area (Å²) in [5.41, 5.74) is 3.85. The second kappa shape index (κ2) is 7.32. The van der Waals surface area contributed by atoms with Gasteiger partial charge in [0.1, 0.15) is 0 Å². The molecule has 3 heterocycles. The standard InChI is InChI=1S/C23H24N2O3/c26-23(8-6-17-5-7-21-22(13-17)28-16-27-21)25-12-10-20(15-25)24-11-9-18-3-1-2-4-19(18)14-24/h1-8,13,20H,9-12,14-16H2/b8-6+. The summed E-state index contributed by atoms with van der Waals surface area (Å²) in [6, 6.07) is 14.9. The van der Waals surface area contributed by atoms with Crippen LogP contribution in [0.25, 0.3) is 6.08 Å². The molecule has 1 atom stereocenters. The fourth-order valence-corrected chi connectivity index (χ4v) is 4.36. The number of carbonyl (C=O) groups is 1. The Kier molecular flexibility index (Phi) is 4.53. The Morgan fingerprint density at radius 1 is 1.04 bits per heavy atom. The Bertz CT molecular complexity index is 924. The van der Waals surface area contributed by atoms with Crippen LogP contribution in [-0.4, -0.2) is 48.2 Å². The molecule has 5 rings (SSSR count). The van der Waals surface area contributed by atoms with Crippen LogP contribution < -0.4 is 9.47 Å². The van der Waals surface area contributed by atoms with Crippen molar-refractivity contribution in [3.63, 3.8) is 0 Å². The van der Waals surface area contributed by atoms with Crippen molar-refractivity contribution in [2.24, 2.45) is 0 Å². The Morgan fingerprint density at radius 2 is 1.89 bits per heavy atom. The predicted molar refractivity (Wildman–Crippen MR) is 107 cm³/mol. The van der Waals surface area contributed by atoms with Gasteiger partial charge in [-0.05, 0) is 47.7 Å². The summed E-state index contributed by atoms with van der Waals surface area (Å²) in [5, 5.41) is 0. The van der Waals surface area contributed by atoms with Crippen molar-refractivity contribution in [3.8, 4) is 11.5 Å². The fourth-order valence-electron chi connectivity index (χ4n) is 4.36. The minimum atomic E-state index is 0.0811. The van der Waals surface area contributed by atoms with Gasteiger partial charge in [-0.3, -0.25) is 9.69 Å². The molecule has 0 spiro atoms. The number of benzene rings is 2. The molecule has 5 heteroatoms. The van der Waals surface area contributed by atoms with Crippen molar-refractivity contribution >= 4 is 12.0 Å². The molecule has 0 bridgehead atoms. The van der Waals surface area contributed by atoms with Crippen molar-refractivity contribution in [1.29, 1.82) is 0 Å². The van der Waals surface area contributed by atoms with E-state index in [1.165, 1.54) is 11.1 Å². The smallest absolute Gasteiger partial charge is 0.246 e. The number of hydrogen-bond donors (Lipinski definition) is 0. The van der Waals surface area contributed by atoms with Gasteiger partial charge >= 0.3 is 0 Å². The largest absolute Gasteiger partial charge is 0.454 e. The molecule has 0 saturated carbocycles. The van der Waals surface area contributed by atoms with E-state index in [4.69, 9.17) is 9.47 Å². The van der Waals surface area contributed by atoms with Crippen LogP contribution in [0.15, 0.2) is 48.5 Å². The monoisotopic (exact) mass is 376 g/mol. The van der Waals surface area contributed by atoms with Gasteiger partial charge < -0.3 is 14.4 Å². The summed E-state index contributed by atoms with van der Waals surface area (Å²) in [7, 11) is 0. The minimum absolute atomic E-state index is 0.0811. The zero-order chi connectivity index (χ0) is 18.9. The average Bonchev–Trinajstić information content (AvgIpc) is 3.41. The van der Waals surface area contributed by atoms with Crippen molar-refractivity contribution in [2.75, 3.05) is 26.4 Å². The lowest BCUT2D eigenvalue weighted by molar-refractivity contribution is -0.125. The molecule has 144 valence electrons. The topological polar surface area (TPSA) is 42.0 Å². The molecule has 3 aliphatic rings. The normalized spacial score (nSPS) is 21.3. The number of amides is 1. The summed E-state index contributed by atoms with van der Waals surface area (Å²) < 4.78 is 10.7. The molecule has 28 heavy (non-hydrogen) atoms. The second-order valence-corrected chi connectivity index (χ2v) is 7.66. The zero-order valence-electron chi connectivity index (χ0n) is 15.8. The van der Waals surface area contributed by atoms with Crippen LogP contribution in [0.2, 0.25) is 0 Å². The van der Waals surface area contributed by atoms with Crippen LogP contribution in [0.5, 0.6) is 11.5 Å². The van der Waals surface area contributed by atoms with Crippen molar-refractivity contribution in [3.05, 3.63) is 65.2 Å². The van der Waals surface area contributed by atoms with Gasteiger partial charge in [0.25, 0.3) is 0 Å². The van der Waals surface area contributed by atoms with E-state index in [1.807, 2.05) is 29.2 Å². The maximum Gasteiger partial charge on any atom is 0.246 e. The molecule has 0 N–H and O–H groups in total. The highest BCUT2D eigenvalue weighted by molar-refractivity contribution is 5.92. The van der Waals surface area contributed by atoms with E-state index in [-0.39, 0.29) is 12.7 Å². The van der Waals surface area contributed by atoms with Gasteiger partial charge in [-0.15, -0.1) is 0 Å². The van der Waals surface area contributed by atoms with E-state index >= 15 is 0 Å². The number of hydrogen-bond acceptors (Lipinski definition) is 4. The average molecular weight is 376 g/mol. The quantitative estimate of drug-likeness (QED) is 0.772. The summed E-state index contributed by atoms with van der Waals surface area (Å²) in [6.45, 7) is 3.98. The molecule has 0 radical (unpaired) electrons. The lowest BCUT2D eigenvalue weighted by Gasteiger charge is -2.33. The Morgan fingerprint density at radius 3 is 2.82 bits per heavy atom. The van der Waals surface area contributed by atoms with Gasteiger partial charge in [0.05, 0.1) is 0 Å². The van der Waals surface area contributed by atoms with Gasteiger partial charge in [0.2, 0.25) is 12.7 Å². The molecule has 5 nitrogen and oxygen atoms in total.